The van der Waals surface area contributed by atoms with Crippen LogP contribution in [0.15, 0.2) is 35.6 Å². The number of ether oxygens (including phenoxy) is 1. The molecule has 3 N–H and O–H groups in total. The second-order valence-electron chi connectivity index (χ2n) is 8.02. The first kappa shape index (κ1) is 21.7. The van der Waals surface area contributed by atoms with Gasteiger partial charge in [0.05, 0.1) is 24.4 Å². The van der Waals surface area contributed by atoms with Gasteiger partial charge in [0.15, 0.2) is 0 Å². The summed E-state index contributed by atoms with van der Waals surface area (Å²) in [6.07, 6.45) is 6.43. The van der Waals surface area contributed by atoms with Gasteiger partial charge in [0.2, 0.25) is 5.95 Å². The molecule has 9 nitrogen and oxygen atoms in total. The molecule has 4 rings (SSSR count). The Morgan fingerprint density at radius 3 is 2.81 bits per heavy atom. The fourth-order valence-corrected chi connectivity index (χ4v) is 4.56. The van der Waals surface area contributed by atoms with E-state index in [2.05, 4.69) is 21.4 Å². The summed E-state index contributed by atoms with van der Waals surface area (Å²) >= 11 is 0. The van der Waals surface area contributed by atoms with Crippen molar-refractivity contribution < 1.29 is 14.1 Å². The normalized spacial score (nSPS) is 20.3. The Balaban J connectivity index is 1.80. The van der Waals surface area contributed by atoms with E-state index in [-0.39, 0.29) is 23.1 Å². The molecule has 0 radical (unpaired) electrons. The van der Waals surface area contributed by atoms with Crippen LogP contribution in [0.25, 0.3) is 16.6 Å². The van der Waals surface area contributed by atoms with Gasteiger partial charge in [-0.3, -0.25) is 4.98 Å². The fraction of sp³-hybridized carbons (Fsp3) is 0.476. The standard InChI is InChI=1S/C21H27N6O3S/c1-13(12-30-2)25-21-24-11-19-17(15-7-8-23-20(9-15)31(22)29)10-18(27(19)26-21)14-3-5-16(28)6-4-14/h7-11,13-14,16,22,28H,3-6,12H2,1-2H3,(H,25,26)/q-1/t13-,14?,16?/m0/s1. The van der Waals surface area contributed by atoms with Crippen molar-refractivity contribution in [2.75, 3.05) is 19.0 Å². The summed E-state index contributed by atoms with van der Waals surface area (Å²) in [5, 5.41) is 18.2. The van der Waals surface area contributed by atoms with E-state index in [1.807, 2.05) is 17.5 Å². The number of fused-ring (bicyclic) bond motifs is 1. The second kappa shape index (κ2) is 9.29. The van der Waals surface area contributed by atoms with Crippen LogP contribution in [-0.2, 0) is 19.5 Å². The number of nitrogens with zero attached hydrogens (tertiary/aromatic N) is 4. The Kier molecular flexibility index (Phi) is 6.49. The summed E-state index contributed by atoms with van der Waals surface area (Å²) in [6.45, 7) is 2.54. The Hall–Kier alpha value is -2.56. The number of aliphatic hydroxyl groups is 1. The molecule has 0 aliphatic heterocycles. The van der Waals surface area contributed by atoms with Crippen LogP contribution in [0.1, 0.15) is 44.2 Å². The van der Waals surface area contributed by atoms with E-state index in [4.69, 9.17) is 14.6 Å². The minimum absolute atomic E-state index is 0.0561. The molecule has 31 heavy (non-hydrogen) atoms. The van der Waals surface area contributed by atoms with Gasteiger partial charge in [0.1, 0.15) is 0 Å². The SMILES string of the molecule is COC[C@H](C)Nc1ncc2c(-c3ccnc([S-](=N)=O)c3)cc(C3CCC(O)CC3)n2n1. The zero-order valence-corrected chi connectivity index (χ0v) is 18.4. The van der Waals surface area contributed by atoms with Crippen LogP contribution < -0.4 is 5.32 Å². The Morgan fingerprint density at radius 1 is 1.32 bits per heavy atom. The molecule has 3 heterocycles. The van der Waals surface area contributed by atoms with Gasteiger partial charge in [-0.15, -0.1) is 15.7 Å². The number of nitrogens with one attached hydrogen (secondary N) is 2. The average Bonchev–Trinajstić information content (AvgIpc) is 3.13. The summed E-state index contributed by atoms with van der Waals surface area (Å²) in [6, 6.07) is 5.67. The minimum atomic E-state index is -1.91. The number of aromatic nitrogens is 4. The maximum absolute atomic E-state index is 11.6. The van der Waals surface area contributed by atoms with Crippen molar-refractivity contribution in [1.82, 2.24) is 19.6 Å². The number of anilines is 1. The van der Waals surface area contributed by atoms with E-state index in [9.17, 15) is 9.32 Å². The van der Waals surface area contributed by atoms with Gasteiger partial charge < -0.3 is 24.1 Å². The number of methoxy groups -OCH3 is 1. The van der Waals surface area contributed by atoms with Crippen molar-refractivity contribution in [3.63, 3.8) is 0 Å². The average molecular weight is 444 g/mol. The smallest absolute Gasteiger partial charge is 0.241 e. The Labute approximate surface area is 182 Å². The highest BCUT2D eigenvalue weighted by Crippen LogP contribution is 2.37. The van der Waals surface area contributed by atoms with Gasteiger partial charge in [-0.05, 0) is 55.3 Å². The number of rotatable bonds is 7. The van der Waals surface area contributed by atoms with Crippen LogP contribution in [0, 0.1) is 4.78 Å². The van der Waals surface area contributed by atoms with Gasteiger partial charge in [0.25, 0.3) is 0 Å². The molecule has 10 heteroatoms. The summed E-state index contributed by atoms with van der Waals surface area (Å²) in [4.78, 5) is 8.53. The molecule has 1 aliphatic carbocycles. The highest BCUT2D eigenvalue weighted by molar-refractivity contribution is 7.73. The van der Waals surface area contributed by atoms with Gasteiger partial charge in [-0.1, -0.05) is 6.07 Å². The second-order valence-corrected chi connectivity index (χ2v) is 8.98. The Bertz CT molecular complexity index is 1130. The lowest BCUT2D eigenvalue weighted by Gasteiger charge is -2.25. The molecule has 1 aliphatic rings. The quantitative estimate of drug-likeness (QED) is 0.478. The molecule has 0 aromatic carbocycles. The lowest BCUT2D eigenvalue weighted by Crippen LogP contribution is -2.23. The van der Waals surface area contributed by atoms with E-state index in [0.29, 0.717) is 12.6 Å². The van der Waals surface area contributed by atoms with Crippen molar-refractivity contribution in [2.24, 2.45) is 0 Å². The van der Waals surface area contributed by atoms with E-state index in [0.717, 1.165) is 48.0 Å². The third kappa shape index (κ3) is 4.70. The van der Waals surface area contributed by atoms with Crippen molar-refractivity contribution in [3.05, 3.63) is 36.3 Å². The van der Waals surface area contributed by atoms with Gasteiger partial charge in [0, 0.05) is 36.5 Å². The molecule has 166 valence electrons. The van der Waals surface area contributed by atoms with E-state index in [1.54, 1.807) is 25.6 Å². The molecule has 3 aromatic heterocycles. The molecule has 3 aromatic rings. The van der Waals surface area contributed by atoms with Crippen LogP contribution in [0.3, 0.4) is 0 Å². The molecule has 0 saturated heterocycles. The van der Waals surface area contributed by atoms with E-state index in [1.165, 1.54) is 0 Å². The van der Waals surface area contributed by atoms with Crippen molar-refractivity contribution >= 4 is 22.1 Å². The number of hydrogen-bond acceptors (Lipinski definition) is 9. The molecule has 0 amide bonds. The fourth-order valence-electron chi connectivity index (χ4n) is 4.16. The van der Waals surface area contributed by atoms with E-state index < -0.39 is 10.6 Å². The van der Waals surface area contributed by atoms with Crippen molar-refractivity contribution in [2.45, 2.75) is 55.7 Å². The van der Waals surface area contributed by atoms with Crippen LogP contribution in [0.2, 0.25) is 0 Å². The van der Waals surface area contributed by atoms with Crippen LogP contribution in [0.4, 0.5) is 5.95 Å². The molecule has 1 fully saturated rings. The van der Waals surface area contributed by atoms with E-state index >= 15 is 0 Å². The summed E-state index contributed by atoms with van der Waals surface area (Å²) < 4.78 is 26.2. The largest absolute Gasteiger partial charge is 0.439 e. The minimum Gasteiger partial charge on any atom is -0.439 e. The molecule has 1 atom stereocenters. The van der Waals surface area contributed by atoms with Gasteiger partial charge >= 0.3 is 0 Å². The number of aliphatic hydroxyl groups excluding tert-OH is 1. The summed E-state index contributed by atoms with van der Waals surface area (Å²) in [7, 11) is -0.254. The van der Waals surface area contributed by atoms with Crippen molar-refractivity contribution in [1.29, 1.82) is 4.78 Å². The molecular weight excluding hydrogens is 416 g/mol. The summed E-state index contributed by atoms with van der Waals surface area (Å²) in [5.41, 5.74) is 3.63. The third-order valence-corrected chi connectivity index (χ3v) is 6.29. The van der Waals surface area contributed by atoms with Crippen molar-refractivity contribution in [3.8, 4) is 11.1 Å². The van der Waals surface area contributed by atoms with Gasteiger partial charge in [-0.25, -0.2) is 9.50 Å². The highest BCUT2D eigenvalue weighted by Gasteiger charge is 2.25. The lowest BCUT2D eigenvalue weighted by atomic mass is 9.85. The lowest BCUT2D eigenvalue weighted by molar-refractivity contribution is 0.121. The maximum Gasteiger partial charge on any atom is 0.241 e. The predicted octanol–water partition coefficient (Wildman–Crippen LogP) is 3.34. The monoisotopic (exact) mass is 443 g/mol. The first-order chi connectivity index (χ1) is 15.0. The van der Waals surface area contributed by atoms with Crippen LogP contribution >= 0.6 is 0 Å². The molecule has 1 saturated carbocycles. The number of hydrogen-bond donors (Lipinski definition) is 3. The van der Waals surface area contributed by atoms with Crippen LogP contribution in [-0.4, -0.2) is 50.6 Å². The molecular formula is C21H27N6O3S-. The zero-order chi connectivity index (χ0) is 22.0. The molecule has 0 spiro atoms. The number of pyridine rings is 1. The van der Waals surface area contributed by atoms with Crippen LogP contribution in [0.5, 0.6) is 0 Å². The first-order valence-electron chi connectivity index (χ1n) is 10.4. The predicted molar refractivity (Wildman–Crippen MR) is 117 cm³/mol. The summed E-state index contributed by atoms with van der Waals surface area (Å²) in [5.74, 6) is 0.786. The highest BCUT2D eigenvalue weighted by atomic mass is 32.2. The maximum atomic E-state index is 11.6. The third-order valence-electron chi connectivity index (χ3n) is 5.69. The molecule has 0 unspecified atom stereocenters. The molecule has 0 bridgehead atoms. The topological polar surface area (TPSA) is 125 Å². The zero-order valence-electron chi connectivity index (χ0n) is 17.6. The Morgan fingerprint density at radius 2 is 2.10 bits per heavy atom. The first-order valence-corrected chi connectivity index (χ1v) is 11.5. The van der Waals surface area contributed by atoms with Gasteiger partial charge in [-0.2, -0.15) is 0 Å².